The molecule has 3 aliphatic rings. The zero-order valence-electron chi connectivity index (χ0n) is 21.2. The van der Waals surface area contributed by atoms with Crippen LogP contribution in [0.25, 0.3) is 20.8 Å². The molecule has 2 bridgehead atoms. The highest BCUT2D eigenvalue weighted by Crippen LogP contribution is 2.46. The van der Waals surface area contributed by atoms with Gasteiger partial charge < -0.3 is 20.3 Å². The van der Waals surface area contributed by atoms with Crippen LogP contribution in [0, 0.1) is 5.41 Å². The van der Waals surface area contributed by atoms with Gasteiger partial charge in [-0.15, -0.1) is 11.3 Å². The maximum atomic E-state index is 15.4. The van der Waals surface area contributed by atoms with Gasteiger partial charge in [-0.05, 0) is 56.2 Å². The van der Waals surface area contributed by atoms with Gasteiger partial charge in [0.1, 0.15) is 6.17 Å². The summed E-state index contributed by atoms with van der Waals surface area (Å²) >= 11 is 1.11. The van der Waals surface area contributed by atoms with Gasteiger partial charge in [0.05, 0.1) is 46.3 Å². The molecule has 210 valence electrons. The first-order valence-electron chi connectivity index (χ1n) is 13.0. The smallest absolute Gasteiger partial charge is 0.393 e. The molecule has 39 heavy (non-hydrogen) atoms. The fraction of sp³-hybridized carbons (Fsp3) is 0.577. The fourth-order valence-electron chi connectivity index (χ4n) is 5.95. The van der Waals surface area contributed by atoms with E-state index in [1.165, 1.54) is 0 Å². The summed E-state index contributed by atoms with van der Waals surface area (Å²) in [6, 6.07) is 4.74. The standard InChI is InChI=1S/C26H29F4N5O3S/c1-35-13-5-6-18(35)20(27)17(9-13)32-16-4-2-3-14-15(10-26(28,29)30)22(39-21(14)16)23-33-19(38-34-23)11-31-24(37)25(12-36)7-8-25/h2-4,13,17-18,20,32,36H,5-12H2,1H3,(H,31,37)/t13-,17-,18+,20-/m1/s1. The molecule has 1 amide bonds. The molecule has 13 heteroatoms. The Balaban J connectivity index is 1.29. The Labute approximate surface area is 225 Å². The van der Waals surface area contributed by atoms with E-state index in [0.29, 0.717) is 35.0 Å². The van der Waals surface area contributed by atoms with Gasteiger partial charge in [-0.3, -0.25) is 9.69 Å². The first-order valence-corrected chi connectivity index (χ1v) is 13.9. The van der Waals surface area contributed by atoms with Crippen molar-refractivity contribution >= 4 is 33.0 Å². The third-order valence-electron chi connectivity index (χ3n) is 8.42. The highest BCUT2D eigenvalue weighted by Gasteiger charge is 2.49. The number of hydrogen-bond donors (Lipinski definition) is 3. The monoisotopic (exact) mass is 567 g/mol. The van der Waals surface area contributed by atoms with Gasteiger partial charge in [0.2, 0.25) is 17.6 Å². The highest BCUT2D eigenvalue weighted by atomic mass is 32.1. The van der Waals surface area contributed by atoms with E-state index in [4.69, 9.17) is 4.52 Å². The number of aliphatic hydroxyl groups excluding tert-OH is 1. The third-order valence-corrected chi connectivity index (χ3v) is 9.70. The quantitative estimate of drug-likeness (QED) is 0.346. The first kappa shape index (κ1) is 26.5. The average molecular weight is 568 g/mol. The van der Waals surface area contributed by atoms with Crippen molar-refractivity contribution in [3.8, 4) is 10.7 Å². The number of alkyl halides is 4. The summed E-state index contributed by atoms with van der Waals surface area (Å²) in [6.45, 7) is -0.356. The van der Waals surface area contributed by atoms with Crippen molar-refractivity contribution in [1.29, 1.82) is 0 Å². The molecule has 1 aliphatic carbocycles. The maximum Gasteiger partial charge on any atom is 0.393 e. The topological polar surface area (TPSA) is 104 Å². The second-order valence-electron chi connectivity index (χ2n) is 10.9. The second-order valence-corrected chi connectivity index (χ2v) is 11.9. The zero-order chi connectivity index (χ0) is 27.5. The molecule has 1 saturated carbocycles. The summed E-state index contributed by atoms with van der Waals surface area (Å²) in [5.74, 6) is -0.286. The zero-order valence-corrected chi connectivity index (χ0v) is 22.0. The number of halogens is 4. The van der Waals surface area contributed by atoms with Crippen molar-refractivity contribution in [2.45, 2.75) is 75.5 Å². The number of hydrogen-bond acceptors (Lipinski definition) is 8. The molecule has 4 atom stereocenters. The lowest BCUT2D eigenvalue weighted by atomic mass is 9.95. The number of amides is 1. The van der Waals surface area contributed by atoms with Crippen LogP contribution in [0.1, 0.15) is 43.6 Å². The van der Waals surface area contributed by atoms with Crippen molar-refractivity contribution < 1.29 is 32.0 Å². The average Bonchev–Trinajstić information content (AvgIpc) is 3.29. The third kappa shape index (κ3) is 4.89. The molecule has 2 aliphatic heterocycles. The Bertz CT molecular complexity index is 1390. The van der Waals surface area contributed by atoms with E-state index in [1.807, 2.05) is 7.05 Å². The number of fused-ring (bicyclic) bond motifs is 3. The van der Waals surface area contributed by atoms with Crippen LogP contribution in [-0.2, 0) is 17.8 Å². The minimum absolute atomic E-state index is 0.00496. The summed E-state index contributed by atoms with van der Waals surface area (Å²) in [5.41, 5.74) is -0.165. The molecule has 0 radical (unpaired) electrons. The van der Waals surface area contributed by atoms with Gasteiger partial charge in [-0.25, -0.2) is 4.39 Å². The normalized spacial score (nSPS) is 26.2. The Morgan fingerprint density at radius 2 is 2.10 bits per heavy atom. The number of aromatic nitrogens is 2. The van der Waals surface area contributed by atoms with E-state index in [9.17, 15) is 23.1 Å². The summed E-state index contributed by atoms with van der Waals surface area (Å²) < 4.78 is 62.2. The van der Waals surface area contributed by atoms with E-state index in [1.54, 1.807) is 18.2 Å². The van der Waals surface area contributed by atoms with Crippen LogP contribution < -0.4 is 10.6 Å². The molecule has 3 aromatic rings. The molecule has 0 unspecified atom stereocenters. The van der Waals surface area contributed by atoms with Crippen LogP contribution >= 0.6 is 11.3 Å². The van der Waals surface area contributed by atoms with Crippen molar-refractivity contribution in [2.24, 2.45) is 5.41 Å². The van der Waals surface area contributed by atoms with Gasteiger partial charge in [-0.2, -0.15) is 18.2 Å². The Kier molecular flexibility index (Phi) is 6.58. The van der Waals surface area contributed by atoms with Crippen molar-refractivity contribution in [1.82, 2.24) is 20.4 Å². The molecule has 0 spiro atoms. The lowest BCUT2D eigenvalue weighted by Crippen LogP contribution is -2.53. The minimum Gasteiger partial charge on any atom is -0.395 e. The SMILES string of the molecule is CN1[C@@H]2CC[C@H]1[C@H](F)[C@H](Nc1cccc3c(CC(F)(F)F)c(-c4noc(CNC(=O)C5(CO)CC5)n4)sc13)C2. The number of benzene rings is 1. The van der Waals surface area contributed by atoms with Gasteiger partial charge >= 0.3 is 6.18 Å². The lowest BCUT2D eigenvalue weighted by Gasteiger charge is -2.39. The molecule has 4 heterocycles. The van der Waals surface area contributed by atoms with Crippen molar-refractivity contribution in [3.63, 3.8) is 0 Å². The minimum atomic E-state index is -4.48. The fourth-order valence-corrected chi connectivity index (χ4v) is 7.17. The number of thiophene rings is 1. The van der Waals surface area contributed by atoms with E-state index in [0.717, 1.165) is 24.2 Å². The van der Waals surface area contributed by atoms with Crippen LogP contribution in [0.2, 0.25) is 0 Å². The molecule has 2 aromatic heterocycles. The van der Waals surface area contributed by atoms with Gasteiger partial charge in [0.15, 0.2) is 0 Å². The van der Waals surface area contributed by atoms with E-state index < -0.39 is 30.2 Å². The van der Waals surface area contributed by atoms with Crippen LogP contribution in [0.4, 0.5) is 23.2 Å². The summed E-state index contributed by atoms with van der Waals surface area (Å²) in [7, 11) is 1.95. The molecule has 8 nitrogen and oxygen atoms in total. The Morgan fingerprint density at radius 3 is 2.82 bits per heavy atom. The second kappa shape index (κ2) is 9.70. The number of nitrogens with zero attached hydrogens (tertiary/aromatic N) is 3. The molecule has 1 aromatic carbocycles. The van der Waals surface area contributed by atoms with Gasteiger partial charge in [0, 0.05) is 12.1 Å². The number of nitrogens with one attached hydrogen (secondary N) is 2. The number of carbonyl (C=O) groups excluding carboxylic acids is 1. The summed E-state index contributed by atoms with van der Waals surface area (Å²) in [6.07, 6.45) is -3.22. The summed E-state index contributed by atoms with van der Waals surface area (Å²) in [4.78, 5) is 18.9. The largest absolute Gasteiger partial charge is 0.395 e. The molecule has 2 saturated heterocycles. The Morgan fingerprint density at radius 1 is 1.31 bits per heavy atom. The van der Waals surface area contributed by atoms with Crippen molar-refractivity contribution in [3.05, 3.63) is 29.7 Å². The number of anilines is 1. The number of rotatable bonds is 8. The van der Waals surface area contributed by atoms with Crippen LogP contribution in [0.5, 0.6) is 0 Å². The van der Waals surface area contributed by atoms with Crippen LogP contribution in [0.15, 0.2) is 22.7 Å². The predicted octanol–water partition coefficient (Wildman–Crippen LogP) is 4.43. The molecule has 6 rings (SSSR count). The van der Waals surface area contributed by atoms with E-state index >= 15 is 4.39 Å². The predicted molar refractivity (Wildman–Crippen MR) is 137 cm³/mol. The number of carbonyl (C=O) groups is 1. The number of aliphatic hydroxyl groups is 1. The van der Waals surface area contributed by atoms with Crippen LogP contribution in [-0.4, -0.2) is 70.2 Å². The van der Waals surface area contributed by atoms with Gasteiger partial charge in [-0.1, -0.05) is 17.3 Å². The Hall–Kier alpha value is -2.77. The molecule has 3 N–H and O–H groups in total. The van der Waals surface area contributed by atoms with E-state index in [-0.39, 0.29) is 53.3 Å². The highest BCUT2D eigenvalue weighted by molar-refractivity contribution is 7.23. The molecular formula is C26H29F4N5O3S. The van der Waals surface area contributed by atoms with Gasteiger partial charge in [0.25, 0.3) is 0 Å². The maximum absolute atomic E-state index is 15.4. The van der Waals surface area contributed by atoms with E-state index in [2.05, 4.69) is 25.7 Å². The molecular weight excluding hydrogens is 538 g/mol. The van der Waals surface area contributed by atoms with Crippen molar-refractivity contribution in [2.75, 3.05) is 19.0 Å². The summed E-state index contributed by atoms with van der Waals surface area (Å²) in [5, 5.41) is 19.7. The van der Waals surface area contributed by atoms with Crippen LogP contribution in [0.3, 0.4) is 0 Å². The molecule has 3 fully saturated rings. The number of piperidine rings is 1. The first-order chi connectivity index (χ1) is 18.6. The lowest BCUT2D eigenvalue weighted by molar-refractivity contribution is -0.128.